The van der Waals surface area contributed by atoms with Gasteiger partial charge in [-0.15, -0.1) is 0 Å². The Morgan fingerprint density at radius 1 is 1.54 bits per heavy atom. The second kappa shape index (κ2) is 2.72. The smallest absolute Gasteiger partial charge is 0.348 e. The van der Waals surface area contributed by atoms with E-state index in [4.69, 9.17) is 9.84 Å². The van der Waals surface area contributed by atoms with E-state index in [0.29, 0.717) is 12.3 Å². The van der Waals surface area contributed by atoms with Crippen molar-refractivity contribution in [1.29, 1.82) is 0 Å². The summed E-state index contributed by atoms with van der Waals surface area (Å²) in [5, 5.41) is 9.03. The monoisotopic (exact) mass is 184 g/mol. The van der Waals surface area contributed by atoms with Gasteiger partial charge in [-0.05, 0) is 25.2 Å². The summed E-state index contributed by atoms with van der Waals surface area (Å²) in [7, 11) is 0. The van der Waals surface area contributed by atoms with Crippen molar-refractivity contribution < 1.29 is 19.4 Å². The third kappa shape index (κ3) is 1.04. The van der Waals surface area contributed by atoms with Gasteiger partial charge < -0.3 is 9.84 Å². The molecule has 1 N–H and O–H groups in total. The average molecular weight is 184 g/mol. The summed E-state index contributed by atoms with van der Waals surface area (Å²) in [4.78, 5) is 21.3. The molecule has 0 amide bonds. The van der Waals surface area contributed by atoms with Gasteiger partial charge in [0.2, 0.25) is 5.60 Å². The van der Waals surface area contributed by atoms with E-state index in [9.17, 15) is 9.59 Å². The maximum Gasteiger partial charge on any atom is 0.348 e. The third-order valence-electron chi connectivity index (χ3n) is 3.41. The highest BCUT2D eigenvalue weighted by molar-refractivity contribution is 5.80. The first-order chi connectivity index (χ1) is 6.19. The summed E-state index contributed by atoms with van der Waals surface area (Å²) < 4.78 is 4.81. The van der Waals surface area contributed by atoms with Crippen molar-refractivity contribution in [2.24, 2.45) is 11.8 Å². The zero-order chi connectivity index (χ0) is 9.47. The van der Waals surface area contributed by atoms with Crippen molar-refractivity contribution in [2.75, 3.05) is 0 Å². The second-order valence-corrected chi connectivity index (χ2v) is 3.99. The highest BCUT2D eigenvalue weighted by Crippen LogP contribution is 2.52. The van der Waals surface area contributed by atoms with E-state index in [-0.39, 0.29) is 12.4 Å². The lowest BCUT2D eigenvalue weighted by Gasteiger charge is -2.31. The number of carbonyl (C=O) groups excluding carboxylic acids is 1. The van der Waals surface area contributed by atoms with Crippen LogP contribution in [0, 0.1) is 11.8 Å². The van der Waals surface area contributed by atoms with Crippen molar-refractivity contribution in [3.8, 4) is 0 Å². The molecule has 0 aliphatic heterocycles. The maximum absolute atomic E-state index is 11.0. The molecular formula is C9H12O4. The van der Waals surface area contributed by atoms with Crippen molar-refractivity contribution in [1.82, 2.24) is 0 Å². The van der Waals surface area contributed by atoms with Crippen LogP contribution in [0.4, 0.5) is 0 Å². The van der Waals surface area contributed by atoms with E-state index >= 15 is 0 Å². The topological polar surface area (TPSA) is 63.6 Å². The first-order valence-corrected chi connectivity index (χ1v) is 4.54. The fourth-order valence-corrected chi connectivity index (χ4v) is 2.82. The normalized spacial score (nSPS) is 41.8. The van der Waals surface area contributed by atoms with Crippen LogP contribution in [0.1, 0.15) is 25.7 Å². The maximum atomic E-state index is 11.0. The third-order valence-corrected chi connectivity index (χ3v) is 3.41. The number of carbonyl (C=O) groups is 2. The van der Waals surface area contributed by atoms with Crippen molar-refractivity contribution in [2.45, 2.75) is 31.3 Å². The molecule has 4 heteroatoms. The average Bonchev–Trinajstić information content (AvgIpc) is 2.64. The first kappa shape index (κ1) is 8.53. The van der Waals surface area contributed by atoms with Crippen LogP contribution in [0.2, 0.25) is 0 Å². The van der Waals surface area contributed by atoms with Gasteiger partial charge >= 0.3 is 5.97 Å². The Bertz CT molecular complexity index is 250. The Labute approximate surface area is 75.9 Å². The molecule has 4 nitrogen and oxygen atoms in total. The van der Waals surface area contributed by atoms with E-state index in [0.717, 1.165) is 19.3 Å². The van der Waals surface area contributed by atoms with Crippen molar-refractivity contribution in [3.05, 3.63) is 0 Å². The van der Waals surface area contributed by atoms with Crippen LogP contribution >= 0.6 is 0 Å². The van der Waals surface area contributed by atoms with Crippen LogP contribution in [0.25, 0.3) is 0 Å². The minimum Gasteiger partial charge on any atom is -0.478 e. The zero-order valence-corrected chi connectivity index (χ0v) is 7.23. The van der Waals surface area contributed by atoms with Crippen LogP contribution in [-0.2, 0) is 14.3 Å². The molecule has 2 bridgehead atoms. The number of carboxylic acid groups (broad SMARTS) is 1. The summed E-state index contributed by atoms with van der Waals surface area (Å²) >= 11 is 0. The minimum absolute atomic E-state index is 0.0419. The Morgan fingerprint density at radius 2 is 2.31 bits per heavy atom. The molecule has 0 aromatic carbocycles. The molecule has 0 aromatic heterocycles. The van der Waals surface area contributed by atoms with Gasteiger partial charge in [-0.2, -0.15) is 0 Å². The summed E-state index contributed by atoms with van der Waals surface area (Å²) in [6.07, 6.45) is 3.37. The van der Waals surface area contributed by atoms with Crippen LogP contribution in [-0.4, -0.2) is 23.1 Å². The quantitative estimate of drug-likeness (QED) is 0.659. The Hall–Kier alpha value is -1.06. The molecule has 2 rings (SSSR count). The number of carboxylic acids is 1. The number of hydrogen-bond acceptors (Lipinski definition) is 3. The number of rotatable bonds is 3. The highest BCUT2D eigenvalue weighted by Gasteiger charge is 2.58. The Balaban J connectivity index is 2.24. The lowest BCUT2D eigenvalue weighted by molar-refractivity contribution is -0.177. The van der Waals surface area contributed by atoms with E-state index in [1.54, 1.807) is 0 Å². The molecule has 0 saturated heterocycles. The standard InChI is InChI=1S/C9H12O4/c10-5-13-9(8(11)12)4-6-1-2-7(9)3-6/h5-7H,1-4H2,(H,11,12). The van der Waals surface area contributed by atoms with Gasteiger partial charge in [0, 0.05) is 12.3 Å². The SMILES string of the molecule is O=COC1(C(=O)O)CC2CCC1C2. The van der Waals surface area contributed by atoms with Gasteiger partial charge in [-0.3, -0.25) is 4.79 Å². The molecule has 0 spiro atoms. The summed E-state index contributed by atoms with van der Waals surface area (Å²) in [6.45, 7) is 0.273. The lowest BCUT2D eigenvalue weighted by atomic mass is 9.84. The van der Waals surface area contributed by atoms with Crippen LogP contribution < -0.4 is 0 Å². The van der Waals surface area contributed by atoms with Gasteiger partial charge in [-0.25, -0.2) is 4.79 Å². The molecule has 0 aromatic rings. The van der Waals surface area contributed by atoms with Crippen molar-refractivity contribution >= 4 is 12.4 Å². The molecule has 3 atom stereocenters. The van der Waals surface area contributed by atoms with Crippen LogP contribution in [0.15, 0.2) is 0 Å². The number of aliphatic carboxylic acids is 1. The van der Waals surface area contributed by atoms with Crippen LogP contribution in [0.3, 0.4) is 0 Å². The molecule has 2 aliphatic carbocycles. The molecule has 3 unspecified atom stereocenters. The fraction of sp³-hybridized carbons (Fsp3) is 0.778. The van der Waals surface area contributed by atoms with Crippen molar-refractivity contribution in [3.63, 3.8) is 0 Å². The minimum atomic E-state index is -1.19. The van der Waals surface area contributed by atoms with E-state index in [1.165, 1.54) is 0 Å². The second-order valence-electron chi connectivity index (χ2n) is 3.99. The van der Waals surface area contributed by atoms with Gasteiger partial charge in [-0.1, -0.05) is 0 Å². The highest BCUT2D eigenvalue weighted by atomic mass is 16.6. The van der Waals surface area contributed by atoms with Gasteiger partial charge in [0.05, 0.1) is 0 Å². The molecule has 2 fully saturated rings. The molecular weight excluding hydrogens is 172 g/mol. The predicted octanol–water partition coefficient (Wildman–Crippen LogP) is 0.803. The molecule has 2 saturated carbocycles. The van der Waals surface area contributed by atoms with Gasteiger partial charge in [0.15, 0.2) is 0 Å². The molecule has 0 radical (unpaired) electrons. The molecule has 13 heavy (non-hydrogen) atoms. The largest absolute Gasteiger partial charge is 0.478 e. The zero-order valence-electron chi connectivity index (χ0n) is 7.23. The summed E-state index contributed by atoms with van der Waals surface area (Å²) in [5.41, 5.74) is -1.19. The number of ether oxygens (including phenoxy) is 1. The number of fused-ring (bicyclic) bond motifs is 2. The molecule has 2 aliphatic rings. The Morgan fingerprint density at radius 3 is 2.69 bits per heavy atom. The van der Waals surface area contributed by atoms with Crippen LogP contribution in [0.5, 0.6) is 0 Å². The predicted molar refractivity (Wildman–Crippen MR) is 43.0 cm³/mol. The van der Waals surface area contributed by atoms with E-state index < -0.39 is 11.6 Å². The summed E-state index contributed by atoms with van der Waals surface area (Å²) in [5.74, 6) is -0.493. The molecule has 0 heterocycles. The summed E-state index contributed by atoms with van der Waals surface area (Å²) in [6, 6.07) is 0. The lowest BCUT2D eigenvalue weighted by Crippen LogP contribution is -2.46. The van der Waals surface area contributed by atoms with E-state index in [2.05, 4.69) is 0 Å². The van der Waals surface area contributed by atoms with Gasteiger partial charge in [0.25, 0.3) is 6.47 Å². The fourth-order valence-electron chi connectivity index (χ4n) is 2.82. The Kier molecular flexibility index (Phi) is 1.78. The first-order valence-electron chi connectivity index (χ1n) is 4.54. The van der Waals surface area contributed by atoms with E-state index in [1.807, 2.05) is 0 Å². The van der Waals surface area contributed by atoms with Gasteiger partial charge in [0.1, 0.15) is 0 Å². The number of hydrogen-bond donors (Lipinski definition) is 1. The molecule has 72 valence electrons.